The lowest BCUT2D eigenvalue weighted by Crippen LogP contribution is -2.06. The van der Waals surface area contributed by atoms with Gasteiger partial charge in [-0.2, -0.15) is 0 Å². The first-order valence-electron chi connectivity index (χ1n) is 8.49. The first kappa shape index (κ1) is 20.2. The molecule has 0 saturated carbocycles. The van der Waals surface area contributed by atoms with E-state index in [1.165, 1.54) is 70.6 Å². The molecule has 0 bridgehead atoms. The molecule has 0 saturated heterocycles. The molecule has 0 aromatic heterocycles. The van der Waals surface area contributed by atoms with E-state index in [0.29, 0.717) is 6.42 Å². The number of Topliss-reactive ketones (excluding diaryl/α,β-unsaturated/α-hetero) is 1. The van der Waals surface area contributed by atoms with Crippen LogP contribution in [0.2, 0.25) is 0 Å². The fourth-order valence-corrected chi connectivity index (χ4v) is 2.64. The standard InChI is InChI=1S/C17H32Cl2O/c1-2-3-4-5-6-7-8-9-10-11-12-13-14-15-16(20)17(18)19/h17H,2-15H2,1H3. The second-order valence-corrected chi connectivity index (χ2v) is 6.86. The van der Waals surface area contributed by atoms with Crippen molar-refractivity contribution in [2.24, 2.45) is 0 Å². The van der Waals surface area contributed by atoms with Crippen molar-refractivity contribution in [3.8, 4) is 0 Å². The summed E-state index contributed by atoms with van der Waals surface area (Å²) in [5.74, 6) is -0.0311. The maximum Gasteiger partial charge on any atom is 0.165 e. The van der Waals surface area contributed by atoms with Gasteiger partial charge in [0.25, 0.3) is 0 Å². The van der Waals surface area contributed by atoms with Gasteiger partial charge in [-0.25, -0.2) is 0 Å². The third kappa shape index (κ3) is 14.7. The van der Waals surface area contributed by atoms with Crippen LogP contribution in [0.15, 0.2) is 0 Å². The Kier molecular flexibility index (Phi) is 15.8. The molecular formula is C17H32Cl2O. The van der Waals surface area contributed by atoms with Gasteiger partial charge in [-0.1, -0.05) is 107 Å². The second-order valence-electron chi connectivity index (χ2n) is 5.76. The van der Waals surface area contributed by atoms with Gasteiger partial charge in [-0.05, 0) is 6.42 Å². The zero-order valence-corrected chi connectivity index (χ0v) is 14.7. The number of ketones is 1. The molecule has 0 aliphatic rings. The van der Waals surface area contributed by atoms with E-state index in [0.717, 1.165) is 12.8 Å². The minimum absolute atomic E-state index is 0.0311. The maximum absolute atomic E-state index is 11.2. The van der Waals surface area contributed by atoms with Gasteiger partial charge < -0.3 is 0 Å². The molecule has 0 atom stereocenters. The van der Waals surface area contributed by atoms with Gasteiger partial charge >= 0.3 is 0 Å². The van der Waals surface area contributed by atoms with Crippen LogP contribution >= 0.6 is 23.2 Å². The Balaban J connectivity index is 3.04. The molecule has 120 valence electrons. The SMILES string of the molecule is CCCCCCCCCCCCCCCC(=O)C(Cl)Cl. The summed E-state index contributed by atoms with van der Waals surface area (Å²) < 4.78 is 0. The largest absolute Gasteiger partial charge is 0.297 e. The molecule has 1 nitrogen and oxygen atoms in total. The van der Waals surface area contributed by atoms with Gasteiger partial charge in [0.1, 0.15) is 0 Å². The minimum atomic E-state index is -0.827. The summed E-state index contributed by atoms with van der Waals surface area (Å²) in [6, 6.07) is 0. The second kappa shape index (κ2) is 15.6. The van der Waals surface area contributed by atoms with Crippen LogP contribution in [0, 0.1) is 0 Å². The third-order valence-electron chi connectivity index (χ3n) is 3.77. The Hall–Kier alpha value is 0.250. The summed E-state index contributed by atoms with van der Waals surface area (Å²) >= 11 is 11.0. The third-order valence-corrected chi connectivity index (χ3v) is 4.26. The van der Waals surface area contributed by atoms with E-state index in [4.69, 9.17) is 23.2 Å². The highest BCUT2D eigenvalue weighted by Gasteiger charge is 2.09. The van der Waals surface area contributed by atoms with E-state index in [-0.39, 0.29) is 5.78 Å². The van der Waals surface area contributed by atoms with Crippen LogP contribution in [0.3, 0.4) is 0 Å². The van der Waals surface area contributed by atoms with E-state index in [1.54, 1.807) is 0 Å². The maximum atomic E-state index is 11.2. The molecule has 0 fully saturated rings. The minimum Gasteiger partial charge on any atom is -0.297 e. The summed E-state index contributed by atoms with van der Waals surface area (Å²) in [7, 11) is 0. The van der Waals surface area contributed by atoms with Crippen LogP contribution in [0.4, 0.5) is 0 Å². The lowest BCUT2D eigenvalue weighted by atomic mass is 10.0. The molecule has 0 unspecified atom stereocenters. The highest BCUT2D eigenvalue weighted by Crippen LogP contribution is 2.14. The monoisotopic (exact) mass is 322 g/mol. The number of alkyl halides is 2. The first-order valence-corrected chi connectivity index (χ1v) is 9.36. The van der Waals surface area contributed by atoms with Crippen molar-refractivity contribution in [1.29, 1.82) is 0 Å². The number of halogens is 2. The molecule has 0 aliphatic heterocycles. The van der Waals surface area contributed by atoms with Crippen LogP contribution in [-0.4, -0.2) is 10.6 Å². The van der Waals surface area contributed by atoms with E-state index in [9.17, 15) is 4.79 Å². The van der Waals surface area contributed by atoms with Gasteiger partial charge in [-0.3, -0.25) is 4.79 Å². The molecule has 3 heteroatoms. The van der Waals surface area contributed by atoms with Gasteiger partial charge in [0, 0.05) is 6.42 Å². The number of rotatable bonds is 15. The first-order chi connectivity index (χ1) is 9.68. The lowest BCUT2D eigenvalue weighted by molar-refractivity contribution is -0.117. The van der Waals surface area contributed by atoms with Crippen molar-refractivity contribution in [3.63, 3.8) is 0 Å². The fourth-order valence-electron chi connectivity index (χ4n) is 2.43. The molecule has 0 spiro atoms. The Morgan fingerprint density at radius 3 is 1.40 bits per heavy atom. The lowest BCUT2D eigenvalue weighted by Gasteiger charge is -2.03. The number of hydrogen-bond donors (Lipinski definition) is 0. The summed E-state index contributed by atoms with van der Waals surface area (Å²) in [6.45, 7) is 2.26. The summed E-state index contributed by atoms with van der Waals surface area (Å²) in [4.78, 5) is 10.4. The van der Waals surface area contributed by atoms with E-state index >= 15 is 0 Å². The van der Waals surface area contributed by atoms with Gasteiger partial charge in [0.05, 0.1) is 0 Å². The van der Waals surface area contributed by atoms with E-state index < -0.39 is 4.84 Å². The average molecular weight is 323 g/mol. The topological polar surface area (TPSA) is 17.1 Å². The van der Waals surface area contributed by atoms with Gasteiger partial charge in [0.2, 0.25) is 0 Å². The Morgan fingerprint density at radius 2 is 1.05 bits per heavy atom. The highest BCUT2D eigenvalue weighted by atomic mass is 35.5. The molecule has 0 rings (SSSR count). The Labute approximate surface area is 135 Å². The number of carbonyl (C=O) groups excluding carboxylic acids is 1. The van der Waals surface area contributed by atoms with E-state index in [1.807, 2.05) is 0 Å². The Morgan fingerprint density at radius 1 is 0.700 bits per heavy atom. The molecule has 0 aromatic carbocycles. The van der Waals surface area contributed by atoms with Crippen molar-refractivity contribution < 1.29 is 4.79 Å². The fraction of sp³-hybridized carbons (Fsp3) is 0.941. The molecule has 0 aromatic rings. The van der Waals surface area contributed by atoms with E-state index in [2.05, 4.69) is 6.92 Å². The summed E-state index contributed by atoms with van der Waals surface area (Å²) in [5, 5.41) is 0. The van der Waals surface area contributed by atoms with Crippen LogP contribution in [-0.2, 0) is 4.79 Å². The van der Waals surface area contributed by atoms with Crippen molar-refractivity contribution in [3.05, 3.63) is 0 Å². The quantitative estimate of drug-likeness (QED) is 0.238. The molecule has 0 N–H and O–H groups in total. The zero-order chi connectivity index (χ0) is 15.1. The predicted octanol–water partition coefficient (Wildman–Crippen LogP) is 6.84. The molecule has 0 amide bonds. The van der Waals surface area contributed by atoms with Crippen LogP contribution in [0.25, 0.3) is 0 Å². The zero-order valence-electron chi connectivity index (χ0n) is 13.1. The van der Waals surface area contributed by atoms with Crippen LogP contribution in [0.1, 0.15) is 96.8 Å². The molecule has 0 radical (unpaired) electrons. The molecular weight excluding hydrogens is 291 g/mol. The highest BCUT2D eigenvalue weighted by molar-refractivity contribution is 6.53. The summed E-state index contributed by atoms with van der Waals surface area (Å²) in [6.07, 6.45) is 17.6. The molecule has 0 aliphatic carbocycles. The number of unbranched alkanes of at least 4 members (excludes halogenated alkanes) is 12. The van der Waals surface area contributed by atoms with Crippen LogP contribution < -0.4 is 0 Å². The van der Waals surface area contributed by atoms with Gasteiger partial charge in [-0.15, -0.1) is 0 Å². The van der Waals surface area contributed by atoms with Crippen molar-refractivity contribution >= 4 is 29.0 Å². The smallest absolute Gasteiger partial charge is 0.165 e. The normalized spacial score (nSPS) is 11.2. The van der Waals surface area contributed by atoms with Crippen molar-refractivity contribution in [1.82, 2.24) is 0 Å². The van der Waals surface area contributed by atoms with Gasteiger partial charge in [0.15, 0.2) is 10.6 Å². The van der Waals surface area contributed by atoms with Crippen molar-refractivity contribution in [2.45, 2.75) is 102 Å². The molecule has 20 heavy (non-hydrogen) atoms. The number of hydrogen-bond acceptors (Lipinski definition) is 1. The molecule has 0 heterocycles. The van der Waals surface area contributed by atoms with Crippen LogP contribution in [0.5, 0.6) is 0 Å². The number of carbonyl (C=O) groups is 1. The van der Waals surface area contributed by atoms with Crippen molar-refractivity contribution in [2.75, 3.05) is 0 Å². The predicted molar refractivity (Wildman–Crippen MR) is 90.8 cm³/mol. The average Bonchev–Trinajstić information content (AvgIpc) is 2.43. The Bertz CT molecular complexity index is 217. The summed E-state index contributed by atoms with van der Waals surface area (Å²) in [5.41, 5.74) is 0.